The Balaban J connectivity index is 1.61. The second kappa shape index (κ2) is 5.72. The van der Waals surface area contributed by atoms with Crippen LogP contribution in [-0.2, 0) is 22.6 Å². The first-order valence-electron chi connectivity index (χ1n) is 7.01. The Labute approximate surface area is 121 Å². The molecule has 3 heterocycles. The number of carboxylic acid groups (broad SMARTS) is 1. The van der Waals surface area contributed by atoms with Crippen molar-refractivity contribution in [3.05, 3.63) is 18.2 Å². The molecule has 0 spiro atoms. The van der Waals surface area contributed by atoms with E-state index in [0.29, 0.717) is 32.8 Å². The molecule has 8 heteroatoms. The molecular formula is C13H18N4O4. The Hall–Kier alpha value is -2.09. The molecule has 1 saturated heterocycles. The lowest BCUT2D eigenvalue weighted by Crippen LogP contribution is -2.52. The highest BCUT2D eigenvalue weighted by Gasteiger charge is 2.30. The minimum atomic E-state index is -0.908. The van der Waals surface area contributed by atoms with Gasteiger partial charge in [0.05, 0.1) is 25.7 Å². The summed E-state index contributed by atoms with van der Waals surface area (Å²) in [6.45, 7) is 3.09. The molecule has 1 N–H and O–H groups in total. The lowest BCUT2D eigenvalue weighted by Gasteiger charge is -2.37. The van der Waals surface area contributed by atoms with Crippen LogP contribution < -0.4 is 0 Å². The fraction of sp³-hybridized carbons (Fsp3) is 0.615. The quantitative estimate of drug-likeness (QED) is 0.829. The van der Waals surface area contributed by atoms with Gasteiger partial charge in [-0.05, 0) is 0 Å². The van der Waals surface area contributed by atoms with Crippen molar-refractivity contribution in [2.45, 2.75) is 25.6 Å². The molecule has 8 nitrogen and oxygen atoms in total. The zero-order valence-electron chi connectivity index (χ0n) is 11.6. The maximum Gasteiger partial charge on any atom is 0.320 e. The predicted molar refractivity (Wildman–Crippen MR) is 71.6 cm³/mol. The third-order valence-electron chi connectivity index (χ3n) is 3.83. The molecule has 0 radical (unpaired) electrons. The first-order valence-corrected chi connectivity index (χ1v) is 7.01. The van der Waals surface area contributed by atoms with Crippen LogP contribution >= 0.6 is 0 Å². The zero-order valence-corrected chi connectivity index (χ0v) is 11.6. The maximum atomic E-state index is 12.5. The molecule has 21 heavy (non-hydrogen) atoms. The van der Waals surface area contributed by atoms with Crippen molar-refractivity contribution in [2.75, 3.05) is 26.2 Å². The number of hydrogen-bond donors (Lipinski definition) is 1. The maximum absolute atomic E-state index is 12.5. The number of ether oxygens (including phenoxy) is 1. The molecule has 0 aliphatic carbocycles. The highest BCUT2D eigenvalue weighted by molar-refractivity contribution is 5.75. The summed E-state index contributed by atoms with van der Waals surface area (Å²) in [6, 6.07) is -0.0667. The molecule has 2 amide bonds. The first kappa shape index (κ1) is 13.9. The molecule has 3 rings (SSSR count). The van der Waals surface area contributed by atoms with E-state index in [-0.39, 0.29) is 12.5 Å². The van der Waals surface area contributed by atoms with Crippen LogP contribution in [0.5, 0.6) is 0 Å². The number of carboxylic acids is 1. The molecule has 2 aliphatic heterocycles. The van der Waals surface area contributed by atoms with Crippen LogP contribution in [0.3, 0.4) is 0 Å². The molecule has 1 fully saturated rings. The van der Waals surface area contributed by atoms with Crippen LogP contribution in [-0.4, -0.2) is 68.8 Å². The van der Waals surface area contributed by atoms with E-state index in [1.54, 1.807) is 16.0 Å². The molecule has 0 bridgehead atoms. The molecular weight excluding hydrogens is 276 g/mol. The Morgan fingerprint density at radius 2 is 2.19 bits per heavy atom. The Kier molecular flexibility index (Phi) is 3.78. The number of aromatic nitrogens is 2. The van der Waals surface area contributed by atoms with Crippen LogP contribution in [0.1, 0.15) is 12.2 Å². The van der Waals surface area contributed by atoms with E-state index in [1.165, 1.54) is 0 Å². The SMILES string of the molecule is O=C(O)CC1CN(C(=O)N2CCn3ccnc3C2)CCO1. The van der Waals surface area contributed by atoms with E-state index in [2.05, 4.69) is 4.98 Å². The number of carbonyl (C=O) groups is 2. The van der Waals surface area contributed by atoms with Gasteiger partial charge < -0.3 is 24.2 Å². The number of amides is 2. The van der Waals surface area contributed by atoms with E-state index in [1.807, 2.05) is 10.8 Å². The smallest absolute Gasteiger partial charge is 0.320 e. The van der Waals surface area contributed by atoms with Gasteiger partial charge in [0, 0.05) is 38.6 Å². The topological polar surface area (TPSA) is 87.9 Å². The molecule has 0 aromatic carbocycles. The third-order valence-corrected chi connectivity index (χ3v) is 3.83. The first-order chi connectivity index (χ1) is 10.1. The summed E-state index contributed by atoms with van der Waals surface area (Å²) in [4.78, 5) is 30.9. The summed E-state index contributed by atoms with van der Waals surface area (Å²) in [6.07, 6.45) is 3.15. The van der Waals surface area contributed by atoms with Crippen molar-refractivity contribution < 1.29 is 19.4 Å². The van der Waals surface area contributed by atoms with E-state index < -0.39 is 12.1 Å². The van der Waals surface area contributed by atoms with Gasteiger partial charge in [-0.25, -0.2) is 9.78 Å². The number of carbonyl (C=O) groups excluding carboxylic acids is 1. The normalized spacial score (nSPS) is 22.0. The zero-order chi connectivity index (χ0) is 14.8. The number of rotatable bonds is 2. The molecule has 1 aromatic rings. The number of aliphatic carboxylic acids is 1. The predicted octanol–water partition coefficient (Wildman–Crippen LogP) is -0.00580. The summed E-state index contributed by atoms with van der Waals surface area (Å²) in [5.41, 5.74) is 0. The van der Waals surface area contributed by atoms with Gasteiger partial charge in [-0.15, -0.1) is 0 Å². The lowest BCUT2D eigenvalue weighted by molar-refractivity contribution is -0.141. The van der Waals surface area contributed by atoms with Gasteiger partial charge in [-0.2, -0.15) is 0 Å². The molecule has 1 unspecified atom stereocenters. The van der Waals surface area contributed by atoms with Crippen LogP contribution in [0.15, 0.2) is 12.4 Å². The second-order valence-electron chi connectivity index (χ2n) is 5.28. The minimum Gasteiger partial charge on any atom is -0.481 e. The number of nitrogens with zero attached hydrogens (tertiary/aromatic N) is 4. The Bertz CT molecular complexity index is 544. The van der Waals surface area contributed by atoms with E-state index in [0.717, 1.165) is 12.4 Å². The van der Waals surface area contributed by atoms with E-state index in [9.17, 15) is 9.59 Å². The number of urea groups is 1. The van der Waals surface area contributed by atoms with Crippen molar-refractivity contribution in [3.8, 4) is 0 Å². The number of morpholine rings is 1. The number of fused-ring (bicyclic) bond motifs is 1. The van der Waals surface area contributed by atoms with Gasteiger partial charge in [0.1, 0.15) is 5.82 Å². The van der Waals surface area contributed by atoms with Crippen molar-refractivity contribution in [3.63, 3.8) is 0 Å². The van der Waals surface area contributed by atoms with Gasteiger partial charge in [0.2, 0.25) is 0 Å². The van der Waals surface area contributed by atoms with Crippen molar-refractivity contribution in [1.82, 2.24) is 19.4 Å². The average Bonchev–Trinajstić information content (AvgIpc) is 2.93. The van der Waals surface area contributed by atoms with Crippen LogP contribution in [0.25, 0.3) is 0 Å². The van der Waals surface area contributed by atoms with Crippen molar-refractivity contribution >= 4 is 12.0 Å². The van der Waals surface area contributed by atoms with Gasteiger partial charge in [0.15, 0.2) is 0 Å². The Morgan fingerprint density at radius 1 is 1.33 bits per heavy atom. The number of hydrogen-bond acceptors (Lipinski definition) is 4. The summed E-state index contributed by atoms with van der Waals surface area (Å²) in [5, 5.41) is 8.82. The largest absolute Gasteiger partial charge is 0.481 e. The molecule has 114 valence electrons. The summed E-state index contributed by atoms with van der Waals surface area (Å²) in [5.74, 6) is -0.0285. The van der Waals surface area contributed by atoms with Crippen molar-refractivity contribution in [2.24, 2.45) is 0 Å². The second-order valence-corrected chi connectivity index (χ2v) is 5.28. The summed E-state index contributed by atoms with van der Waals surface area (Å²) in [7, 11) is 0. The van der Waals surface area contributed by atoms with Gasteiger partial charge >= 0.3 is 12.0 Å². The van der Waals surface area contributed by atoms with Gasteiger partial charge in [-0.1, -0.05) is 0 Å². The van der Waals surface area contributed by atoms with Crippen LogP contribution in [0, 0.1) is 0 Å². The third kappa shape index (κ3) is 2.99. The molecule has 0 saturated carbocycles. The van der Waals surface area contributed by atoms with Gasteiger partial charge in [0.25, 0.3) is 0 Å². The fourth-order valence-electron chi connectivity index (χ4n) is 2.75. The highest BCUT2D eigenvalue weighted by atomic mass is 16.5. The van der Waals surface area contributed by atoms with Crippen molar-refractivity contribution in [1.29, 1.82) is 0 Å². The lowest BCUT2D eigenvalue weighted by atomic mass is 10.2. The summed E-state index contributed by atoms with van der Waals surface area (Å²) >= 11 is 0. The highest BCUT2D eigenvalue weighted by Crippen LogP contribution is 2.15. The Morgan fingerprint density at radius 3 is 3.00 bits per heavy atom. The monoisotopic (exact) mass is 294 g/mol. The minimum absolute atomic E-state index is 0.0667. The number of imidazole rings is 1. The van der Waals surface area contributed by atoms with E-state index in [4.69, 9.17) is 9.84 Å². The fourth-order valence-corrected chi connectivity index (χ4v) is 2.75. The van der Waals surface area contributed by atoms with Gasteiger partial charge in [-0.3, -0.25) is 4.79 Å². The average molecular weight is 294 g/mol. The van der Waals surface area contributed by atoms with E-state index >= 15 is 0 Å². The standard InChI is InChI=1S/C13H18N4O4/c18-12(19)7-10-8-17(5-6-21-10)13(20)16-4-3-15-2-1-14-11(15)9-16/h1-2,10H,3-9H2,(H,18,19). The molecule has 1 atom stereocenters. The van der Waals surface area contributed by atoms with Crippen LogP contribution in [0.4, 0.5) is 4.79 Å². The summed E-state index contributed by atoms with van der Waals surface area (Å²) < 4.78 is 7.43. The molecule has 2 aliphatic rings. The van der Waals surface area contributed by atoms with Crippen LogP contribution in [0.2, 0.25) is 0 Å². The molecule has 1 aromatic heterocycles.